The van der Waals surface area contributed by atoms with Crippen LogP contribution in [0.1, 0.15) is 44.1 Å². The summed E-state index contributed by atoms with van der Waals surface area (Å²) in [6, 6.07) is 4.44. The molecule has 1 heterocycles. The maximum absolute atomic E-state index is 12.4. The van der Waals surface area contributed by atoms with E-state index in [1.54, 1.807) is 12.1 Å². The van der Waals surface area contributed by atoms with Crippen LogP contribution in [0.3, 0.4) is 0 Å². The normalized spacial score (nSPS) is 35.4. The van der Waals surface area contributed by atoms with Crippen molar-refractivity contribution in [1.29, 1.82) is 0 Å². The lowest BCUT2D eigenvalue weighted by Gasteiger charge is -2.55. The van der Waals surface area contributed by atoms with E-state index in [-0.39, 0.29) is 21.8 Å². The first-order chi connectivity index (χ1) is 12.9. The van der Waals surface area contributed by atoms with Gasteiger partial charge in [0, 0.05) is 11.5 Å². The van der Waals surface area contributed by atoms with E-state index in [4.69, 9.17) is 16.3 Å². The summed E-state index contributed by atoms with van der Waals surface area (Å²) in [5.74, 6) is 2.28. The minimum atomic E-state index is -0.540. The molecule has 4 saturated carbocycles. The van der Waals surface area contributed by atoms with Gasteiger partial charge >= 0.3 is 5.97 Å². The topological polar surface area (TPSA) is 81.8 Å². The number of hydrogen-bond acceptors (Lipinski definition) is 5. The van der Waals surface area contributed by atoms with Crippen LogP contribution in [0.25, 0.3) is 6.08 Å². The van der Waals surface area contributed by atoms with Crippen LogP contribution in [0, 0.1) is 33.3 Å². The highest BCUT2D eigenvalue weighted by Gasteiger charge is 2.55. The van der Waals surface area contributed by atoms with E-state index >= 15 is 0 Å². The number of esters is 1. The average Bonchev–Trinajstić information content (AvgIpc) is 2.97. The number of nitrogens with zero attached hydrogens (tertiary/aromatic N) is 2. The van der Waals surface area contributed by atoms with Crippen molar-refractivity contribution in [1.82, 2.24) is 0 Å². The van der Waals surface area contributed by atoms with Gasteiger partial charge in [0.25, 0.3) is 5.69 Å². The molecule has 6 nitrogen and oxygen atoms in total. The van der Waals surface area contributed by atoms with Crippen molar-refractivity contribution in [3.63, 3.8) is 0 Å². The van der Waals surface area contributed by atoms with Gasteiger partial charge in [0.05, 0.1) is 4.92 Å². The Labute approximate surface area is 161 Å². The molecule has 0 atom stereocenters. The summed E-state index contributed by atoms with van der Waals surface area (Å²) in [4.78, 5) is 27.5. The van der Waals surface area contributed by atoms with Crippen LogP contribution in [-0.4, -0.2) is 16.8 Å². The molecule has 5 aliphatic rings. The number of hydrogen-bond donors (Lipinski definition) is 0. The van der Waals surface area contributed by atoms with Crippen molar-refractivity contribution in [3.05, 3.63) is 44.6 Å². The number of carbonyl (C=O) groups excluding carboxylic acids is 1. The number of aliphatic imine (C=N–C) groups is 1. The maximum Gasteiger partial charge on any atom is 0.363 e. The number of cyclic esters (lactones) is 1. The molecule has 27 heavy (non-hydrogen) atoms. The molecule has 7 heteroatoms. The highest BCUT2D eigenvalue weighted by Crippen LogP contribution is 2.61. The van der Waals surface area contributed by atoms with Crippen molar-refractivity contribution in [2.24, 2.45) is 28.2 Å². The minimum absolute atomic E-state index is 0.0638. The van der Waals surface area contributed by atoms with E-state index in [0.29, 0.717) is 11.5 Å². The summed E-state index contributed by atoms with van der Waals surface area (Å²) in [5.41, 5.74) is 0.431. The fourth-order valence-electron chi connectivity index (χ4n) is 5.93. The fourth-order valence-corrected chi connectivity index (χ4v) is 6.11. The van der Waals surface area contributed by atoms with Gasteiger partial charge < -0.3 is 4.74 Å². The maximum atomic E-state index is 12.4. The van der Waals surface area contributed by atoms with Crippen LogP contribution in [0.4, 0.5) is 5.69 Å². The predicted molar refractivity (Wildman–Crippen MR) is 100 cm³/mol. The highest BCUT2D eigenvalue weighted by molar-refractivity contribution is 6.32. The average molecular weight is 387 g/mol. The molecule has 0 amide bonds. The molecule has 0 aromatic heterocycles. The summed E-state index contributed by atoms with van der Waals surface area (Å²) in [5, 5.41) is 11.1. The predicted octanol–water partition coefficient (Wildman–Crippen LogP) is 4.76. The lowest BCUT2D eigenvalue weighted by molar-refractivity contribution is -0.384. The molecular weight excluding hydrogens is 368 g/mol. The van der Waals surface area contributed by atoms with Crippen molar-refractivity contribution >= 4 is 35.2 Å². The molecule has 1 aliphatic heterocycles. The van der Waals surface area contributed by atoms with Crippen LogP contribution in [0.15, 0.2) is 28.9 Å². The number of rotatable bonds is 3. The molecule has 1 aromatic rings. The number of halogens is 1. The monoisotopic (exact) mass is 386 g/mol. The molecule has 4 fully saturated rings. The third-order valence-corrected chi connectivity index (χ3v) is 6.90. The summed E-state index contributed by atoms with van der Waals surface area (Å²) >= 11 is 5.85. The van der Waals surface area contributed by atoms with Gasteiger partial charge in [0.1, 0.15) is 5.02 Å². The fraction of sp³-hybridized carbons (Fsp3) is 0.500. The molecule has 1 aromatic carbocycles. The first-order valence-corrected chi connectivity index (χ1v) is 9.77. The van der Waals surface area contributed by atoms with E-state index in [0.717, 1.165) is 37.0 Å². The number of nitro benzene ring substituents is 1. The molecule has 140 valence electrons. The third kappa shape index (κ3) is 2.78. The molecule has 4 aliphatic carbocycles. The molecule has 0 radical (unpaired) electrons. The Balaban J connectivity index is 1.47. The SMILES string of the molecule is O=C1OC(C23CC4CC(CC(C4)C2)C3)=N/C1=C\c1ccc(Cl)c([N+](=O)[O-])c1. The molecule has 0 spiro atoms. The zero-order chi connectivity index (χ0) is 18.8. The Bertz CT molecular complexity index is 885. The van der Waals surface area contributed by atoms with Crippen molar-refractivity contribution in [3.8, 4) is 0 Å². The van der Waals surface area contributed by atoms with Gasteiger partial charge in [-0.3, -0.25) is 10.1 Å². The largest absolute Gasteiger partial charge is 0.406 e. The highest BCUT2D eigenvalue weighted by atomic mass is 35.5. The zero-order valence-corrected chi connectivity index (χ0v) is 15.4. The Kier molecular flexibility index (Phi) is 3.69. The van der Waals surface area contributed by atoms with Crippen LogP contribution in [0.2, 0.25) is 5.02 Å². The van der Waals surface area contributed by atoms with Crippen LogP contribution in [-0.2, 0) is 9.53 Å². The molecule has 0 saturated heterocycles. The van der Waals surface area contributed by atoms with E-state index in [1.165, 1.54) is 31.4 Å². The number of nitro groups is 1. The van der Waals surface area contributed by atoms with E-state index < -0.39 is 10.9 Å². The van der Waals surface area contributed by atoms with Gasteiger partial charge in [0.2, 0.25) is 5.90 Å². The molecule has 0 N–H and O–H groups in total. The number of carbonyl (C=O) groups is 1. The summed E-state index contributed by atoms with van der Waals surface area (Å²) < 4.78 is 5.62. The van der Waals surface area contributed by atoms with Gasteiger partial charge in [-0.05, 0) is 74.0 Å². The summed E-state index contributed by atoms with van der Waals surface area (Å²) in [6.07, 6.45) is 8.63. The Morgan fingerprint density at radius 3 is 2.41 bits per heavy atom. The molecule has 4 bridgehead atoms. The zero-order valence-electron chi connectivity index (χ0n) is 14.7. The Morgan fingerprint density at radius 2 is 1.81 bits per heavy atom. The number of ether oxygens (including phenoxy) is 1. The van der Waals surface area contributed by atoms with Gasteiger partial charge in [-0.15, -0.1) is 0 Å². The van der Waals surface area contributed by atoms with Gasteiger partial charge in [-0.2, -0.15) is 0 Å². The van der Waals surface area contributed by atoms with Crippen LogP contribution >= 0.6 is 11.6 Å². The number of benzene rings is 1. The molecule has 6 rings (SSSR count). The van der Waals surface area contributed by atoms with Crippen LogP contribution < -0.4 is 0 Å². The summed E-state index contributed by atoms with van der Waals surface area (Å²) in [7, 11) is 0. The van der Waals surface area contributed by atoms with E-state index in [2.05, 4.69) is 4.99 Å². The standard InChI is InChI=1S/C20H19ClN2O4/c21-15-2-1-11(7-17(15)23(25)26)6-16-18(24)27-19(22-16)20-8-12-3-13(9-20)5-14(4-12)10-20/h1-2,6-7,12-14H,3-5,8-10H2/b16-6-. The smallest absolute Gasteiger partial charge is 0.363 e. The third-order valence-electron chi connectivity index (χ3n) is 6.58. The van der Waals surface area contributed by atoms with Crippen LogP contribution in [0.5, 0.6) is 0 Å². The second-order valence-electron chi connectivity index (χ2n) is 8.50. The van der Waals surface area contributed by atoms with Crippen molar-refractivity contribution in [2.45, 2.75) is 38.5 Å². The summed E-state index contributed by atoms with van der Waals surface area (Å²) in [6.45, 7) is 0. The lowest BCUT2D eigenvalue weighted by Crippen LogP contribution is -2.50. The van der Waals surface area contributed by atoms with E-state index in [1.807, 2.05) is 0 Å². The second-order valence-corrected chi connectivity index (χ2v) is 8.91. The quantitative estimate of drug-likeness (QED) is 0.324. The van der Waals surface area contributed by atoms with Gasteiger partial charge in [0.15, 0.2) is 5.70 Å². The second kappa shape index (κ2) is 5.89. The lowest BCUT2D eigenvalue weighted by atomic mass is 9.49. The Hall–Kier alpha value is -2.21. The van der Waals surface area contributed by atoms with Gasteiger partial charge in [-0.25, -0.2) is 9.79 Å². The van der Waals surface area contributed by atoms with Crippen molar-refractivity contribution in [2.75, 3.05) is 0 Å². The van der Waals surface area contributed by atoms with Gasteiger partial charge in [-0.1, -0.05) is 17.7 Å². The molecule has 0 unspecified atom stereocenters. The van der Waals surface area contributed by atoms with Crippen molar-refractivity contribution < 1.29 is 14.5 Å². The van der Waals surface area contributed by atoms with E-state index in [9.17, 15) is 14.9 Å². The Morgan fingerprint density at radius 1 is 1.19 bits per heavy atom. The first kappa shape index (κ1) is 16.9. The minimum Gasteiger partial charge on any atom is -0.406 e. The molecular formula is C20H19ClN2O4. The first-order valence-electron chi connectivity index (χ1n) is 9.39.